The number of nitriles is 1. The summed E-state index contributed by atoms with van der Waals surface area (Å²) in [5.74, 6) is -0.569. The number of nitrogens with one attached hydrogen (secondary N) is 3. The number of imidazole rings is 1. The maximum absolute atomic E-state index is 13.8. The van der Waals surface area contributed by atoms with Gasteiger partial charge in [0.2, 0.25) is 5.91 Å². The molecule has 4 aromatic rings. The SMILES string of the molecule is CCc1c(C(=O)NCC(=O)N2CC3(CNC3)C2)ccc(Nc2nccn3c(-c4cn(CC#N)nc4C(F)(F)F)cnc23)c1OC=O. The van der Waals surface area contributed by atoms with Crippen LogP contribution in [0.4, 0.5) is 24.7 Å². The Hall–Kier alpha value is -5.50. The lowest BCUT2D eigenvalue weighted by molar-refractivity contribution is -0.145. The van der Waals surface area contributed by atoms with Crippen molar-refractivity contribution in [3.05, 3.63) is 53.7 Å². The third-order valence-corrected chi connectivity index (χ3v) is 8.05. The van der Waals surface area contributed by atoms with Crippen LogP contribution in [-0.4, -0.2) is 80.1 Å². The van der Waals surface area contributed by atoms with Gasteiger partial charge in [0, 0.05) is 61.3 Å². The van der Waals surface area contributed by atoms with Crippen molar-refractivity contribution in [2.75, 3.05) is 38.0 Å². The highest BCUT2D eigenvalue weighted by Crippen LogP contribution is 2.38. The van der Waals surface area contributed by atoms with Gasteiger partial charge in [0.25, 0.3) is 12.4 Å². The minimum atomic E-state index is -4.79. The van der Waals surface area contributed by atoms with Gasteiger partial charge in [0.05, 0.1) is 35.8 Å². The number of likely N-dealkylation sites (tertiary alicyclic amines) is 1. The molecule has 1 spiro atoms. The van der Waals surface area contributed by atoms with E-state index in [1.807, 2.05) is 0 Å². The predicted molar refractivity (Wildman–Crippen MR) is 155 cm³/mol. The van der Waals surface area contributed by atoms with Gasteiger partial charge >= 0.3 is 6.18 Å². The summed E-state index contributed by atoms with van der Waals surface area (Å²) in [5, 5.41) is 21.4. The number of alkyl halides is 3. The van der Waals surface area contributed by atoms with Crippen LogP contribution < -0.4 is 20.7 Å². The monoisotopic (exact) mass is 636 g/mol. The minimum absolute atomic E-state index is 0.0337. The van der Waals surface area contributed by atoms with E-state index in [1.165, 1.54) is 35.1 Å². The average molecular weight is 637 g/mol. The Morgan fingerprint density at radius 3 is 2.67 bits per heavy atom. The molecule has 0 unspecified atom stereocenters. The minimum Gasteiger partial charge on any atom is -0.426 e. The molecule has 2 aliphatic rings. The van der Waals surface area contributed by atoms with Gasteiger partial charge in [-0.05, 0) is 18.6 Å². The predicted octanol–water partition coefficient (Wildman–Crippen LogP) is 2.14. The van der Waals surface area contributed by atoms with Crippen LogP contribution >= 0.6 is 0 Å². The fourth-order valence-corrected chi connectivity index (χ4v) is 5.78. The van der Waals surface area contributed by atoms with E-state index in [0.717, 1.165) is 24.0 Å². The molecule has 0 aliphatic carbocycles. The maximum atomic E-state index is 13.8. The number of benzene rings is 1. The van der Waals surface area contributed by atoms with E-state index in [0.29, 0.717) is 18.7 Å². The summed E-state index contributed by atoms with van der Waals surface area (Å²) in [6, 6.07) is 4.76. The smallest absolute Gasteiger partial charge is 0.426 e. The van der Waals surface area contributed by atoms with Crippen molar-refractivity contribution in [3.63, 3.8) is 0 Å². The van der Waals surface area contributed by atoms with Crippen LogP contribution in [0.15, 0.2) is 36.9 Å². The Morgan fingerprint density at radius 2 is 2.02 bits per heavy atom. The van der Waals surface area contributed by atoms with E-state index >= 15 is 0 Å². The molecule has 17 heteroatoms. The Bertz CT molecular complexity index is 1880. The van der Waals surface area contributed by atoms with Crippen molar-refractivity contribution >= 4 is 35.4 Å². The summed E-state index contributed by atoms with van der Waals surface area (Å²) in [4.78, 5) is 47.5. The summed E-state index contributed by atoms with van der Waals surface area (Å²) in [5.41, 5.74) is -0.304. The molecule has 0 saturated carbocycles. The number of fused-ring (bicyclic) bond motifs is 1. The zero-order valence-corrected chi connectivity index (χ0v) is 24.4. The fraction of sp³-hybridized carbons (Fsp3) is 0.345. The Balaban J connectivity index is 1.26. The van der Waals surface area contributed by atoms with Gasteiger partial charge in [0.1, 0.15) is 6.54 Å². The van der Waals surface area contributed by atoms with Crippen molar-refractivity contribution < 1.29 is 32.3 Å². The van der Waals surface area contributed by atoms with E-state index in [1.54, 1.807) is 17.9 Å². The molecular weight excluding hydrogens is 609 g/mol. The van der Waals surface area contributed by atoms with Gasteiger partial charge in [-0.15, -0.1) is 0 Å². The lowest BCUT2D eigenvalue weighted by atomic mass is 9.74. The molecule has 2 fully saturated rings. The number of rotatable bonds is 10. The first-order chi connectivity index (χ1) is 22.1. The second-order valence-corrected chi connectivity index (χ2v) is 11.1. The molecule has 3 aromatic heterocycles. The Kier molecular flexibility index (Phi) is 7.82. The first-order valence-corrected chi connectivity index (χ1v) is 14.2. The standard InChI is InChI=1S/C29H27F3N10O4/c1-2-17-18(27(45)37-10-22(44)40-14-28(15-40)12-34-13-28)3-4-20(23(17)46-16-43)38-25-26-36-9-21(42(26)8-6-35-25)19-11-41(7-5-33)39-24(19)29(30,31)32/h3-4,6,8-9,11,16,34H,2,7,10,12-15H2,1H3,(H,35,38)(H,37,45). The third kappa shape index (κ3) is 5.47. The molecule has 14 nitrogen and oxygen atoms in total. The molecule has 46 heavy (non-hydrogen) atoms. The molecule has 2 aliphatic heterocycles. The topological polar surface area (TPSA) is 172 Å². The number of carbonyl (C=O) groups is 3. The van der Waals surface area contributed by atoms with Gasteiger partial charge in [-0.3, -0.25) is 23.5 Å². The van der Waals surface area contributed by atoms with E-state index in [4.69, 9.17) is 10.00 Å². The number of ether oxygens (including phenoxy) is 1. The summed E-state index contributed by atoms with van der Waals surface area (Å²) in [6.45, 7) is 4.46. The molecule has 2 amide bonds. The molecule has 0 radical (unpaired) electrons. The van der Waals surface area contributed by atoms with E-state index in [2.05, 4.69) is 31.0 Å². The lowest BCUT2D eigenvalue weighted by Gasteiger charge is -2.56. The Morgan fingerprint density at radius 1 is 1.24 bits per heavy atom. The number of nitrogens with zero attached hydrogens (tertiary/aromatic N) is 7. The molecule has 2 saturated heterocycles. The van der Waals surface area contributed by atoms with Crippen LogP contribution in [-0.2, 0) is 28.7 Å². The largest absolute Gasteiger partial charge is 0.435 e. The van der Waals surface area contributed by atoms with Crippen LogP contribution in [0.2, 0.25) is 0 Å². The highest BCUT2D eigenvalue weighted by atomic mass is 19.4. The summed E-state index contributed by atoms with van der Waals surface area (Å²) >= 11 is 0. The molecule has 1 aromatic carbocycles. The van der Waals surface area contributed by atoms with E-state index in [-0.39, 0.29) is 77.0 Å². The number of anilines is 2. The van der Waals surface area contributed by atoms with Gasteiger partial charge in [-0.1, -0.05) is 6.92 Å². The molecule has 238 valence electrons. The van der Waals surface area contributed by atoms with Crippen LogP contribution in [0, 0.1) is 16.7 Å². The molecule has 3 N–H and O–H groups in total. The highest BCUT2D eigenvalue weighted by molar-refractivity contribution is 5.99. The van der Waals surface area contributed by atoms with E-state index in [9.17, 15) is 27.6 Å². The normalized spacial score (nSPS) is 15.2. The van der Waals surface area contributed by atoms with Crippen molar-refractivity contribution in [2.24, 2.45) is 5.41 Å². The Labute approximate surface area is 259 Å². The van der Waals surface area contributed by atoms with Crippen LogP contribution in [0.1, 0.15) is 28.5 Å². The number of aromatic nitrogens is 5. The average Bonchev–Trinajstić information content (AvgIpc) is 3.60. The molecule has 5 heterocycles. The number of amides is 2. The molecule has 0 bridgehead atoms. The first kappa shape index (κ1) is 30.5. The van der Waals surface area contributed by atoms with Gasteiger partial charge in [-0.25, -0.2) is 9.97 Å². The number of hydrogen-bond donors (Lipinski definition) is 3. The summed E-state index contributed by atoms with van der Waals surface area (Å²) in [6.07, 6.45) is 0.588. The second-order valence-electron chi connectivity index (χ2n) is 11.1. The zero-order valence-electron chi connectivity index (χ0n) is 24.4. The second kappa shape index (κ2) is 11.8. The highest BCUT2D eigenvalue weighted by Gasteiger charge is 2.49. The third-order valence-electron chi connectivity index (χ3n) is 8.05. The quantitative estimate of drug-likeness (QED) is 0.219. The van der Waals surface area contributed by atoms with Crippen LogP contribution in [0.5, 0.6) is 5.75 Å². The van der Waals surface area contributed by atoms with E-state index < -0.39 is 17.8 Å². The molecular formula is C29H27F3N10O4. The first-order valence-electron chi connectivity index (χ1n) is 14.2. The number of carbonyl (C=O) groups excluding carboxylic acids is 3. The summed E-state index contributed by atoms with van der Waals surface area (Å²) in [7, 11) is 0. The van der Waals surface area contributed by atoms with Crippen molar-refractivity contribution in [3.8, 4) is 23.1 Å². The summed E-state index contributed by atoms with van der Waals surface area (Å²) < 4.78 is 49.0. The van der Waals surface area contributed by atoms with Crippen LogP contribution in [0.3, 0.4) is 0 Å². The van der Waals surface area contributed by atoms with Crippen molar-refractivity contribution in [1.82, 2.24) is 39.7 Å². The lowest BCUT2D eigenvalue weighted by Crippen LogP contribution is -2.72. The fourth-order valence-electron chi connectivity index (χ4n) is 5.78. The number of halogens is 3. The van der Waals surface area contributed by atoms with Crippen molar-refractivity contribution in [1.29, 1.82) is 5.26 Å². The number of hydrogen-bond acceptors (Lipinski definition) is 10. The zero-order chi connectivity index (χ0) is 32.6. The maximum Gasteiger partial charge on any atom is 0.435 e. The molecule has 0 atom stereocenters. The van der Waals surface area contributed by atoms with Gasteiger partial charge < -0.3 is 25.6 Å². The van der Waals surface area contributed by atoms with Gasteiger partial charge in [0.15, 0.2) is 22.9 Å². The van der Waals surface area contributed by atoms with Gasteiger partial charge in [-0.2, -0.15) is 23.5 Å². The van der Waals surface area contributed by atoms with Crippen LogP contribution in [0.25, 0.3) is 16.9 Å². The van der Waals surface area contributed by atoms with Crippen molar-refractivity contribution in [2.45, 2.75) is 26.1 Å². The molecule has 6 rings (SSSR count).